The zero-order chi connectivity index (χ0) is 13.1. The van der Waals surface area contributed by atoms with Crippen molar-refractivity contribution in [3.05, 3.63) is 24.3 Å². The van der Waals surface area contributed by atoms with Gasteiger partial charge in [-0.3, -0.25) is 4.90 Å². The minimum Gasteiger partial charge on any atom is -0.443 e. The molecule has 1 rings (SSSR count). The van der Waals surface area contributed by atoms with Crippen LogP contribution >= 0.6 is 11.8 Å². The quantitative estimate of drug-likeness (QED) is 0.751. The molecule has 0 unspecified atom stereocenters. The number of rotatable bonds is 2. The van der Waals surface area contributed by atoms with E-state index in [9.17, 15) is 4.79 Å². The predicted molar refractivity (Wildman–Crippen MR) is 72.9 cm³/mol. The molecule has 4 heteroatoms. The molecule has 0 fully saturated rings. The molecule has 1 aromatic rings. The van der Waals surface area contributed by atoms with Crippen LogP contribution in [0.25, 0.3) is 0 Å². The van der Waals surface area contributed by atoms with Crippen molar-refractivity contribution < 1.29 is 9.53 Å². The lowest BCUT2D eigenvalue weighted by Crippen LogP contribution is -2.34. The van der Waals surface area contributed by atoms with E-state index in [1.165, 1.54) is 4.90 Å². The lowest BCUT2D eigenvalue weighted by atomic mass is 10.2. The first kappa shape index (κ1) is 13.9. The molecule has 0 saturated carbocycles. The zero-order valence-corrected chi connectivity index (χ0v) is 11.8. The van der Waals surface area contributed by atoms with Crippen LogP contribution in [0.2, 0.25) is 0 Å². The van der Waals surface area contributed by atoms with Crippen LogP contribution in [0.5, 0.6) is 0 Å². The van der Waals surface area contributed by atoms with Gasteiger partial charge in [0, 0.05) is 17.6 Å². The van der Waals surface area contributed by atoms with Gasteiger partial charge in [0.15, 0.2) is 0 Å². The van der Waals surface area contributed by atoms with Crippen molar-refractivity contribution in [3.8, 4) is 0 Å². The molecule has 0 saturated heterocycles. The molecule has 3 nitrogen and oxygen atoms in total. The average Bonchev–Trinajstić information content (AvgIpc) is 2.26. The van der Waals surface area contributed by atoms with Crippen molar-refractivity contribution in [2.75, 3.05) is 18.2 Å². The van der Waals surface area contributed by atoms with Crippen molar-refractivity contribution in [2.24, 2.45) is 0 Å². The number of hydrogen-bond donors (Lipinski definition) is 0. The maximum absolute atomic E-state index is 11.9. The van der Waals surface area contributed by atoms with E-state index in [-0.39, 0.29) is 6.09 Å². The summed E-state index contributed by atoms with van der Waals surface area (Å²) in [6.07, 6.45) is 1.67. The normalized spacial score (nSPS) is 11.1. The first-order valence-corrected chi connectivity index (χ1v) is 6.67. The smallest absolute Gasteiger partial charge is 0.414 e. The Morgan fingerprint density at radius 2 is 2.00 bits per heavy atom. The van der Waals surface area contributed by atoms with Crippen LogP contribution in [0.4, 0.5) is 10.5 Å². The predicted octanol–water partition coefficient (Wildman–Crippen LogP) is 3.78. The van der Waals surface area contributed by atoms with Gasteiger partial charge < -0.3 is 4.74 Å². The fourth-order valence-corrected chi connectivity index (χ4v) is 1.71. The number of carbonyl (C=O) groups excluding carboxylic acids is 1. The van der Waals surface area contributed by atoms with Crippen LogP contribution in [0.15, 0.2) is 29.2 Å². The molecule has 0 spiro atoms. The van der Waals surface area contributed by atoms with Gasteiger partial charge in [-0.15, -0.1) is 11.8 Å². The summed E-state index contributed by atoms with van der Waals surface area (Å²) in [7, 11) is 1.72. The summed E-state index contributed by atoms with van der Waals surface area (Å²) >= 11 is 1.65. The first-order chi connectivity index (χ1) is 7.83. The minimum absolute atomic E-state index is 0.337. The second kappa shape index (κ2) is 5.45. The van der Waals surface area contributed by atoms with Crippen molar-refractivity contribution in [2.45, 2.75) is 31.3 Å². The Balaban J connectivity index is 2.81. The van der Waals surface area contributed by atoms with Crippen LogP contribution < -0.4 is 4.90 Å². The largest absolute Gasteiger partial charge is 0.443 e. The number of benzene rings is 1. The van der Waals surface area contributed by atoms with Crippen LogP contribution in [-0.2, 0) is 4.74 Å². The topological polar surface area (TPSA) is 29.5 Å². The molecule has 0 bridgehead atoms. The SMILES string of the molecule is CSc1cccc(N(C)C(=O)OC(C)(C)C)c1. The van der Waals surface area contributed by atoms with Gasteiger partial charge in [-0.2, -0.15) is 0 Å². The van der Waals surface area contributed by atoms with Gasteiger partial charge in [0.25, 0.3) is 0 Å². The van der Waals surface area contributed by atoms with E-state index in [4.69, 9.17) is 4.74 Å². The highest BCUT2D eigenvalue weighted by Crippen LogP contribution is 2.22. The Hall–Kier alpha value is -1.16. The Bertz CT molecular complexity index is 399. The van der Waals surface area contributed by atoms with Gasteiger partial charge in [0.1, 0.15) is 5.60 Å². The summed E-state index contributed by atoms with van der Waals surface area (Å²) in [4.78, 5) is 14.5. The molecule has 0 radical (unpaired) electrons. The minimum atomic E-state index is -0.470. The molecule has 94 valence electrons. The van der Waals surface area contributed by atoms with Crippen LogP contribution in [0, 0.1) is 0 Å². The Labute approximate surface area is 107 Å². The van der Waals surface area contributed by atoms with Crippen molar-refractivity contribution in [1.29, 1.82) is 0 Å². The first-order valence-electron chi connectivity index (χ1n) is 5.44. The summed E-state index contributed by atoms with van der Waals surface area (Å²) < 4.78 is 5.31. The highest BCUT2D eigenvalue weighted by atomic mass is 32.2. The second-order valence-electron chi connectivity index (χ2n) is 4.74. The summed E-state index contributed by atoms with van der Waals surface area (Å²) in [5, 5.41) is 0. The van der Waals surface area contributed by atoms with Crippen LogP contribution in [-0.4, -0.2) is 25.0 Å². The molecule has 0 aliphatic carbocycles. The van der Waals surface area contributed by atoms with Gasteiger partial charge in [-0.05, 0) is 45.2 Å². The monoisotopic (exact) mass is 253 g/mol. The average molecular weight is 253 g/mol. The molecular formula is C13H19NO2S. The standard InChI is InChI=1S/C13H19NO2S/c1-13(2,3)16-12(15)14(4)10-7-6-8-11(9-10)17-5/h6-9H,1-5H3. The summed E-state index contributed by atoms with van der Waals surface area (Å²) in [5.74, 6) is 0. The molecule has 17 heavy (non-hydrogen) atoms. The van der Waals surface area contributed by atoms with Crippen molar-refractivity contribution in [1.82, 2.24) is 0 Å². The molecule has 1 amide bonds. The van der Waals surface area contributed by atoms with Crippen LogP contribution in [0.3, 0.4) is 0 Å². The maximum Gasteiger partial charge on any atom is 0.414 e. The number of nitrogens with zero attached hydrogens (tertiary/aromatic N) is 1. The van der Waals surface area contributed by atoms with Gasteiger partial charge in [0.05, 0.1) is 0 Å². The van der Waals surface area contributed by atoms with Crippen LogP contribution in [0.1, 0.15) is 20.8 Å². The molecule has 0 aliphatic rings. The number of amides is 1. The number of hydrogen-bond acceptors (Lipinski definition) is 3. The molecule has 0 N–H and O–H groups in total. The third-order valence-electron chi connectivity index (χ3n) is 2.11. The Morgan fingerprint density at radius 1 is 1.35 bits per heavy atom. The van der Waals surface area contributed by atoms with E-state index in [0.29, 0.717) is 0 Å². The van der Waals surface area contributed by atoms with E-state index in [1.54, 1.807) is 18.8 Å². The molecule has 0 aliphatic heterocycles. The molecule has 1 aromatic carbocycles. The third kappa shape index (κ3) is 4.30. The van der Waals surface area contributed by atoms with Gasteiger partial charge >= 0.3 is 6.09 Å². The Morgan fingerprint density at radius 3 is 2.53 bits per heavy atom. The summed E-state index contributed by atoms with van der Waals surface area (Å²) in [6, 6.07) is 7.80. The third-order valence-corrected chi connectivity index (χ3v) is 2.83. The number of carbonyl (C=O) groups is 1. The van der Waals surface area contributed by atoms with Gasteiger partial charge in [-0.25, -0.2) is 4.79 Å². The fourth-order valence-electron chi connectivity index (χ4n) is 1.25. The summed E-state index contributed by atoms with van der Waals surface area (Å²) in [5.41, 5.74) is 0.369. The molecule has 0 aromatic heterocycles. The van der Waals surface area contributed by atoms with E-state index >= 15 is 0 Å². The van der Waals surface area contributed by atoms with E-state index in [1.807, 2.05) is 51.3 Å². The molecule has 0 heterocycles. The lowest BCUT2D eigenvalue weighted by Gasteiger charge is -2.24. The van der Waals surface area contributed by atoms with Crippen molar-refractivity contribution >= 4 is 23.5 Å². The van der Waals surface area contributed by atoms with E-state index in [2.05, 4.69) is 0 Å². The maximum atomic E-state index is 11.9. The number of anilines is 1. The highest BCUT2D eigenvalue weighted by molar-refractivity contribution is 7.98. The second-order valence-corrected chi connectivity index (χ2v) is 5.62. The lowest BCUT2D eigenvalue weighted by molar-refractivity contribution is 0.0589. The molecule has 0 atom stereocenters. The molecular weight excluding hydrogens is 234 g/mol. The zero-order valence-electron chi connectivity index (χ0n) is 11.0. The summed E-state index contributed by atoms with van der Waals surface area (Å²) in [6.45, 7) is 5.57. The Kier molecular flexibility index (Phi) is 4.46. The van der Waals surface area contributed by atoms with Crippen molar-refractivity contribution in [3.63, 3.8) is 0 Å². The van der Waals surface area contributed by atoms with E-state index < -0.39 is 5.60 Å². The number of ether oxygens (including phenoxy) is 1. The van der Waals surface area contributed by atoms with Gasteiger partial charge in [-0.1, -0.05) is 6.07 Å². The highest BCUT2D eigenvalue weighted by Gasteiger charge is 2.20. The van der Waals surface area contributed by atoms with E-state index in [0.717, 1.165) is 10.6 Å². The van der Waals surface area contributed by atoms with Gasteiger partial charge in [0.2, 0.25) is 0 Å². The number of thioether (sulfide) groups is 1. The fraction of sp³-hybridized carbons (Fsp3) is 0.462.